The smallest absolute Gasteiger partial charge is 0.202 e. The summed E-state index contributed by atoms with van der Waals surface area (Å²) in [4.78, 5) is 27.0. The van der Waals surface area contributed by atoms with Gasteiger partial charge in [0.2, 0.25) is 5.43 Å². The highest BCUT2D eigenvalue weighted by Crippen LogP contribution is 2.22. The Hall–Kier alpha value is -3.15. The molecule has 110 valence electrons. The highest BCUT2D eigenvalue weighted by atomic mass is 16.5. The van der Waals surface area contributed by atoms with E-state index in [1.807, 2.05) is 0 Å². The first-order chi connectivity index (χ1) is 10.6. The van der Waals surface area contributed by atoms with Gasteiger partial charge in [-0.05, 0) is 24.3 Å². The molecule has 0 N–H and O–H groups in total. The second-order valence-corrected chi connectivity index (χ2v) is 4.51. The van der Waals surface area contributed by atoms with Gasteiger partial charge in [0, 0.05) is 12.3 Å². The minimum absolute atomic E-state index is 0.216. The molecule has 0 spiro atoms. The maximum absolute atomic E-state index is 12.5. The maximum atomic E-state index is 12.5. The number of ether oxygens (including phenoxy) is 1. The molecule has 0 aliphatic heterocycles. The molecule has 0 bridgehead atoms. The molecule has 0 unspecified atom stereocenters. The lowest BCUT2D eigenvalue weighted by molar-refractivity contribution is -0.307. The second kappa shape index (κ2) is 5.69. The van der Waals surface area contributed by atoms with Gasteiger partial charge in [0.15, 0.2) is 0 Å². The zero-order chi connectivity index (χ0) is 15.5. The van der Waals surface area contributed by atoms with E-state index in [1.165, 1.54) is 24.5 Å². The number of rotatable bonds is 4. The SMILES string of the molecule is O=C([O-])COc1ccc2c(=O)c(-c3ccccn3)coc2c1. The van der Waals surface area contributed by atoms with Crippen molar-refractivity contribution >= 4 is 16.9 Å². The maximum Gasteiger partial charge on any atom is 0.202 e. The number of nitrogens with zero attached hydrogens (tertiary/aromatic N) is 1. The minimum atomic E-state index is -1.33. The number of fused-ring (bicyclic) bond motifs is 1. The molecule has 0 amide bonds. The normalized spacial score (nSPS) is 10.5. The lowest BCUT2D eigenvalue weighted by atomic mass is 10.1. The number of benzene rings is 1. The monoisotopic (exact) mass is 296 g/mol. The molecule has 0 saturated heterocycles. The lowest BCUT2D eigenvalue weighted by Gasteiger charge is -2.07. The van der Waals surface area contributed by atoms with Gasteiger partial charge < -0.3 is 19.1 Å². The van der Waals surface area contributed by atoms with E-state index < -0.39 is 12.6 Å². The van der Waals surface area contributed by atoms with Crippen LogP contribution in [0.25, 0.3) is 22.2 Å². The van der Waals surface area contributed by atoms with E-state index in [0.29, 0.717) is 22.2 Å². The lowest BCUT2D eigenvalue weighted by Crippen LogP contribution is -2.28. The fraction of sp³-hybridized carbons (Fsp3) is 0.0625. The topological polar surface area (TPSA) is 92.5 Å². The van der Waals surface area contributed by atoms with Gasteiger partial charge in [-0.15, -0.1) is 0 Å². The summed E-state index contributed by atoms with van der Waals surface area (Å²) in [6.45, 7) is -0.568. The van der Waals surface area contributed by atoms with Gasteiger partial charge in [0.1, 0.15) is 24.2 Å². The zero-order valence-electron chi connectivity index (χ0n) is 11.3. The fourth-order valence-corrected chi connectivity index (χ4v) is 2.04. The fourth-order valence-electron chi connectivity index (χ4n) is 2.04. The predicted octanol–water partition coefficient (Wildman–Crippen LogP) is 0.984. The van der Waals surface area contributed by atoms with Crippen molar-refractivity contribution in [2.75, 3.05) is 6.61 Å². The summed E-state index contributed by atoms with van der Waals surface area (Å²) in [6.07, 6.45) is 2.92. The van der Waals surface area contributed by atoms with Crippen molar-refractivity contribution in [1.82, 2.24) is 4.98 Å². The van der Waals surface area contributed by atoms with Crippen molar-refractivity contribution in [1.29, 1.82) is 0 Å². The van der Waals surface area contributed by atoms with Crippen LogP contribution in [0.1, 0.15) is 0 Å². The Labute approximate surface area is 124 Å². The molecule has 2 aromatic heterocycles. The third-order valence-electron chi connectivity index (χ3n) is 3.04. The Balaban J connectivity index is 2.04. The number of carboxylic acids is 1. The number of hydrogen-bond donors (Lipinski definition) is 0. The van der Waals surface area contributed by atoms with Gasteiger partial charge in [-0.1, -0.05) is 6.07 Å². The highest BCUT2D eigenvalue weighted by Gasteiger charge is 2.10. The van der Waals surface area contributed by atoms with Gasteiger partial charge in [0.25, 0.3) is 0 Å². The summed E-state index contributed by atoms with van der Waals surface area (Å²) < 4.78 is 10.4. The quantitative estimate of drug-likeness (QED) is 0.712. The van der Waals surface area contributed by atoms with E-state index in [0.717, 1.165) is 0 Å². The molecule has 22 heavy (non-hydrogen) atoms. The summed E-state index contributed by atoms with van der Waals surface area (Å²) >= 11 is 0. The van der Waals surface area contributed by atoms with Gasteiger partial charge in [-0.3, -0.25) is 9.78 Å². The molecule has 0 aliphatic rings. The number of carbonyl (C=O) groups is 1. The molecule has 3 rings (SSSR count). The van der Waals surface area contributed by atoms with Crippen molar-refractivity contribution in [2.45, 2.75) is 0 Å². The summed E-state index contributed by atoms with van der Waals surface area (Å²) in [6, 6.07) is 9.75. The number of hydrogen-bond acceptors (Lipinski definition) is 6. The van der Waals surface area contributed by atoms with E-state index in [2.05, 4.69) is 4.98 Å². The first-order valence-corrected chi connectivity index (χ1v) is 6.45. The zero-order valence-corrected chi connectivity index (χ0v) is 11.3. The summed E-state index contributed by atoms with van der Waals surface area (Å²) in [7, 11) is 0. The van der Waals surface area contributed by atoms with Crippen LogP contribution in [0.15, 0.2) is 58.1 Å². The van der Waals surface area contributed by atoms with Crippen LogP contribution in [-0.4, -0.2) is 17.6 Å². The molecule has 0 aliphatic carbocycles. The largest absolute Gasteiger partial charge is 0.546 e. The average molecular weight is 296 g/mol. The summed E-state index contributed by atoms with van der Waals surface area (Å²) in [5.41, 5.74) is 0.971. The first-order valence-electron chi connectivity index (χ1n) is 6.45. The molecule has 6 nitrogen and oxygen atoms in total. The van der Waals surface area contributed by atoms with Crippen LogP contribution < -0.4 is 15.3 Å². The first kappa shape index (κ1) is 13.8. The van der Waals surface area contributed by atoms with Gasteiger partial charge in [-0.25, -0.2) is 0 Å². The van der Waals surface area contributed by atoms with Crippen LogP contribution in [0.5, 0.6) is 5.75 Å². The molecule has 0 fully saturated rings. The van der Waals surface area contributed by atoms with Gasteiger partial charge in [-0.2, -0.15) is 0 Å². The molecule has 2 heterocycles. The number of carboxylic acid groups (broad SMARTS) is 1. The average Bonchev–Trinajstić information content (AvgIpc) is 2.54. The molecule has 0 radical (unpaired) electrons. The Morgan fingerprint density at radius 2 is 2.14 bits per heavy atom. The summed E-state index contributed by atoms with van der Waals surface area (Å²) in [5, 5.41) is 10.7. The minimum Gasteiger partial charge on any atom is -0.546 e. The Morgan fingerprint density at radius 1 is 1.27 bits per heavy atom. The van der Waals surface area contributed by atoms with E-state index in [1.54, 1.807) is 24.4 Å². The van der Waals surface area contributed by atoms with Crippen LogP contribution >= 0.6 is 0 Å². The molecular formula is C16H10NO5-. The molecule has 6 heteroatoms. The van der Waals surface area contributed by atoms with Crippen LogP contribution in [0.3, 0.4) is 0 Å². The van der Waals surface area contributed by atoms with Crippen LogP contribution in [0, 0.1) is 0 Å². The Kier molecular flexibility index (Phi) is 3.57. The van der Waals surface area contributed by atoms with E-state index in [9.17, 15) is 14.7 Å². The molecule has 1 aromatic carbocycles. The summed E-state index contributed by atoms with van der Waals surface area (Å²) in [5.74, 6) is -1.04. The molecular weight excluding hydrogens is 286 g/mol. The number of carbonyl (C=O) groups excluding carboxylic acids is 1. The van der Waals surface area contributed by atoms with E-state index in [-0.39, 0.29) is 11.2 Å². The Morgan fingerprint density at radius 3 is 2.86 bits per heavy atom. The van der Waals surface area contributed by atoms with Crippen molar-refractivity contribution in [3.05, 3.63) is 59.1 Å². The van der Waals surface area contributed by atoms with Crippen LogP contribution in [0.2, 0.25) is 0 Å². The van der Waals surface area contributed by atoms with Crippen molar-refractivity contribution in [2.24, 2.45) is 0 Å². The van der Waals surface area contributed by atoms with E-state index >= 15 is 0 Å². The molecule has 3 aromatic rings. The third kappa shape index (κ3) is 2.67. The van der Waals surface area contributed by atoms with Crippen molar-refractivity contribution in [3.8, 4) is 17.0 Å². The van der Waals surface area contributed by atoms with Crippen LogP contribution in [0.4, 0.5) is 0 Å². The number of aromatic nitrogens is 1. The number of pyridine rings is 1. The standard InChI is InChI=1S/C16H11NO5/c18-15(19)9-21-10-4-5-11-14(7-10)22-8-12(16(11)20)13-3-1-2-6-17-13/h1-8H,9H2,(H,18,19)/p-1. The Bertz CT molecular complexity index is 886. The third-order valence-corrected chi connectivity index (χ3v) is 3.04. The van der Waals surface area contributed by atoms with E-state index in [4.69, 9.17) is 9.15 Å². The second-order valence-electron chi connectivity index (χ2n) is 4.51. The predicted molar refractivity (Wildman–Crippen MR) is 76.2 cm³/mol. The number of aliphatic carboxylic acids is 1. The molecule has 0 saturated carbocycles. The van der Waals surface area contributed by atoms with Gasteiger partial charge >= 0.3 is 0 Å². The van der Waals surface area contributed by atoms with Crippen molar-refractivity contribution < 1.29 is 19.1 Å². The highest BCUT2D eigenvalue weighted by molar-refractivity contribution is 5.82. The van der Waals surface area contributed by atoms with Crippen molar-refractivity contribution in [3.63, 3.8) is 0 Å². The van der Waals surface area contributed by atoms with Crippen LogP contribution in [-0.2, 0) is 4.79 Å². The van der Waals surface area contributed by atoms with Gasteiger partial charge in [0.05, 0.1) is 22.6 Å². The molecule has 0 atom stereocenters.